The predicted molar refractivity (Wildman–Crippen MR) is 125 cm³/mol. The number of hydrogen-bond donors (Lipinski definition) is 2. The smallest absolute Gasteiger partial charge is 0.240 e. The maximum absolute atomic E-state index is 13.8. The lowest BCUT2D eigenvalue weighted by molar-refractivity contribution is -0.141. The standard InChI is InChI=1S/C25H32F2N4O3/c1-16(18-4-3-5-20(27)13-18)23(24(29)32)30-10-11-31(21(14-30)15-34-2)25(33)22(28)12-17-6-8-19(26)9-7-17/h3-9,13,16,21-23H,10-12,14-15,28H2,1-2H3,(H2,29,32). The van der Waals surface area contributed by atoms with Crippen LogP contribution in [0.2, 0.25) is 0 Å². The first-order valence-electron chi connectivity index (χ1n) is 11.3. The Balaban J connectivity index is 1.73. The summed E-state index contributed by atoms with van der Waals surface area (Å²) in [5.41, 5.74) is 13.4. The third-order valence-corrected chi connectivity index (χ3v) is 6.38. The van der Waals surface area contributed by atoms with E-state index in [1.165, 1.54) is 24.3 Å². The molecule has 0 radical (unpaired) electrons. The number of nitrogens with zero attached hydrogens (tertiary/aromatic N) is 2. The minimum atomic E-state index is -0.797. The molecule has 2 amide bonds. The molecular formula is C25H32F2N4O3. The maximum atomic E-state index is 13.8. The van der Waals surface area contributed by atoms with Crippen molar-refractivity contribution >= 4 is 11.8 Å². The summed E-state index contributed by atoms with van der Waals surface area (Å²) >= 11 is 0. The number of piperazine rings is 1. The molecule has 4 atom stereocenters. The summed E-state index contributed by atoms with van der Waals surface area (Å²) in [7, 11) is 1.54. The number of benzene rings is 2. The van der Waals surface area contributed by atoms with E-state index in [1.54, 1.807) is 36.3 Å². The molecule has 9 heteroatoms. The molecule has 0 spiro atoms. The average molecular weight is 475 g/mol. The summed E-state index contributed by atoms with van der Waals surface area (Å²) in [6, 6.07) is 10.2. The van der Waals surface area contributed by atoms with Gasteiger partial charge >= 0.3 is 0 Å². The number of carbonyl (C=O) groups is 2. The van der Waals surface area contributed by atoms with Crippen molar-refractivity contribution in [1.29, 1.82) is 0 Å². The van der Waals surface area contributed by atoms with Crippen molar-refractivity contribution in [2.45, 2.75) is 37.4 Å². The zero-order valence-electron chi connectivity index (χ0n) is 19.5. The number of primary amides is 1. The van der Waals surface area contributed by atoms with E-state index in [4.69, 9.17) is 16.2 Å². The van der Waals surface area contributed by atoms with E-state index >= 15 is 0 Å². The van der Waals surface area contributed by atoms with E-state index in [2.05, 4.69) is 0 Å². The summed E-state index contributed by atoms with van der Waals surface area (Å²) in [6.07, 6.45) is 0.277. The lowest BCUT2D eigenvalue weighted by atomic mass is 9.90. The molecule has 4 N–H and O–H groups in total. The summed E-state index contributed by atoms with van der Waals surface area (Å²) in [4.78, 5) is 29.2. The fourth-order valence-electron chi connectivity index (χ4n) is 4.65. The first kappa shape index (κ1) is 25.7. The van der Waals surface area contributed by atoms with Crippen LogP contribution in [0.4, 0.5) is 8.78 Å². The minimum absolute atomic E-state index is 0.236. The van der Waals surface area contributed by atoms with Crippen molar-refractivity contribution in [3.05, 3.63) is 71.3 Å². The van der Waals surface area contributed by atoms with Gasteiger partial charge in [-0.2, -0.15) is 0 Å². The van der Waals surface area contributed by atoms with Gasteiger partial charge in [0.2, 0.25) is 11.8 Å². The topological polar surface area (TPSA) is 102 Å². The second kappa shape index (κ2) is 11.5. The molecule has 2 aromatic carbocycles. The highest BCUT2D eigenvalue weighted by Crippen LogP contribution is 2.26. The Bertz CT molecular complexity index is 988. The summed E-state index contributed by atoms with van der Waals surface area (Å²) in [5, 5.41) is 0. The van der Waals surface area contributed by atoms with Crippen molar-refractivity contribution in [1.82, 2.24) is 9.80 Å². The van der Waals surface area contributed by atoms with Crippen LogP contribution in [0.1, 0.15) is 24.0 Å². The molecule has 0 aromatic heterocycles. The Morgan fingerprint density at radius 1 is 1.12 bits per heavy atom. The largest absolute Gasteiger partial charge is 0.382 e. The van der Waals surface area contributed by atoms with E-state index in [0.29, 0.717) is 25.2 Å². The molecule has 4 unspecified atom stereocenters. The fourth-order valence-corrected chi connectivity index (χ4v) is 4.65. The van der Waals surface area contributed by atoms with Crippen molar-refractivity contribution in [2.75, 3.05) is 33.4 Å². The molecule has 1 heterocycles. The van der Waals surface area contributed by atoms with Crippen molar-refractivity contribution < 1.29 is 23.1 Å². The molecule has 34 heavy (non-hydrogen) atoms. The Kier molecular flexibility index (Phi) is 8.71. The predicted octanol–water partition coefficient (Wildman–Crippen LogP) is 1.65. The van der Waals surface area contributed by atoms with Gasteiger partial charge in [-0.1, -0.05) is 31.2 Å². The van der Waals surface area contributed by atoms with Crippen molar-refractivity contribution in [2.24, 2.45) is 11.5 Å². The quantitative estimate of drug-likeness (QED) is 0.576. The van der Waals surface area contributed by atoms with Gasteiger partial charge in [-0.3, -0.25) is 14.5 Å². The molecule has 0 saturated carbocycles. The monoisotopic (exact) mass is 474 g/mol. The van der Waals surface area contributed by atoms with Crippen LogP contribution in [0.15, 0.2) is 48.5 Å². The second-order valence-corrected chi connectivity index (χ2v) is 8.76. The number of amides is 2. The molecule has 7 nitrogen and oxygen atoms in total. The van der Waals surface area contributed by atoms with E-state index in [1.807, 2.05) is 11.8 Å². The van der Waals surface area contributed by atoms with Crippen molar-refractivity contribution in [3.63, 3.8) is 0 Å². The molecular weight excluding hydrogens is 442 g/mol. The van der Waals surface area contributed by atoms with Gasteiger partial charge in [-0.15, -0.1) is 0 Å². The van der Waals surface area contributed by atoms with E-state index < -0.39 is 18.0 Å². The van der Waals surface area contributed by atoms with Gasteiger partial charge in [0.05, 0.1) is 24.7 Å². The zero-order valence-corrected chi connectivity index (χ0v) is 19.5. The third-order valence-electron chi connectivity index (χ3n) is 6.38. The Hall–Kier alpha value is -2.88. The van der Waals surface area contributed by atoms with Gasteiger partial charge in [0.15, 0.2) is 0 Å². The van der Waals surface area contributed by atoms with Crippen LogP contribution in [0, 0.1) is 11.6 Å². The third kappa shape index (κ3) is 6.16. The number of rotatable bonds is 9. The Morgan fingerprint density at radius 2 is 1.82 bits per heavy atom. The number of hydrogen-bond acceptors (Lipinski definition) is 5. The molecule has 1 aliphatic rings. The summed E-state index contributed by atoms with van der Waals surface area (Å²) in [5.74, 6) is -1.83. The molecule has 1 saturated heterocycles. The maximum Gasteiger partial charge on any atom is 0.240 e. The second-order valence-electron chi connectivity index (χ2n) is 8.76. The zero-order chi connectivity index (χ0) is 24.8. The average Bonchev–Trinajstić information content (AvgIpc) is 2.80. The number of carbonyl (C=O) groups excluding carboxylic acids is 2. The highest BCUT2D eigenvalue weighted by molar-refractivity contribution is 5.83. The molecule has 0 aliphatic carbocycles. The van der Waals surface area contributed by atoms with E-state index in [-0.39, 0.29) is 42.5 Å². The van der Waals surface area contributed by atoms with Crippen LogP contribution in [0.3, 0.4) is 0 Å². The van der Waals surface area contributed by atoms with Gasteiger partial charge in [-0.05, 0) is 41.8 Å². The number of nitrogens with two attached hydrogens (primary N) is 2. The van der Waals surface area contributed by atoms with Crippen LogP contribution in [-0.4, -0.2) is 73.1 Å². The van der Waals surface area contributed by atoms with Gasteiger partial charge in [0.25, 0.3) is 0 Å². The number of methoxy groups -OCH3 is 1. The molecule has 2 aromatic rings. The van der Waals surface area contributed by atoms with Crippen molar-refractivity contribution in [3.8, 4) is 0 Å². The van der Waals surface area contributed by atoms with Crippen LogP contribution < -0.4 is 11.5 Å². The van der Waals surface area contributed by atoms with E-state index in [9.17, 15) is 18.4 Å². The Morgan fingerprint density at radius 3 is 2.44 bits per heavy atom. The lowest BCUT2D eigenvalue weighted by Gasteiger charge is -2.45. The van der Waals surface area contributed by atoms with Gasteiger partial charge in [-0.25, -0.2) is 8.78 Å². The van der Waals surface area contributed by atoms with Crippen LogP contribution >= 0.6 is 0 Å². The Labute approximate surface area is 198 Å². The molecule has 3 rings (SSSR count). The van der Waals surface area contributed by atoms with E-state index in [0.717, 1.165) is 5.56 Å². The molecule has 1 fully saturated rings. The number of ether oxygens (including phenoxy) is 1. The van der Waals surface area contributed by atoms with Gasteiger partial charge < -0.3 is 21.1 Å². The highest BCUT2D eigenvalue weighted by atomic mass is 19.1. The fraction of sp³-hybridized carbons (Fsp3) is 0.440. The summed E-state index contributed by atoms with van der Waals surface area (Å²) < 4.78 is 32.3. The number of halogens is 2. The van der Waals surface area contributed by atoms with Crippen LogP contribution in [0.25, 0.3) is 0 Å². The van der Waals surface area contributed by atoms with Gasteiger partial charge in [0, 0.05) is 32.7 Å². The normalized spacial score (nSPS) is 19.4. The minimum Gasteiger partial charge on any atom is -0.382 e. The molecule has 1 aliphatic heterocycles. The first-order chi connectivity index (χ1) is 16.2. The summed E-state index contributed by atoms with van der Waals surface area (Å²) in [6.45, 7) is 3.19. The van der Waals surface area contributed by atoms with Crippen LogP contribution in [-0.2, 0) is 20.7 Å². The van der Waals surface area contributed by atoms with Crippen LogP contribution in [0.5, 0.6) is 0 Å². The molecule has 184 valence electrons. The SMILES string of the molecule is COCC1CN(C(C(N)=O)C(C)c2cccc(F)c2)CCN1C(=O)C(N)Cc1ccc(F)cc1. The molecule has 0 bridgehead atoms. The highest BCUT2D eigenvalue weighted by Gasteiger charge is 2.39. The lowest BCUT2D eigenvalue weighted by Crippen LogP contribution is -2.63. The van der Waals surface area contributed by atoms with Gasteiger partial charge in [0.1, 0.15) is 11.6 Å². The first-order valence-corrected chi connectivity index (χ1v) is 11.3.